The van der Waals surface area contributed by atoms with Crippen molar-refractivity contribution in [2.24, 2.45) is 11.3 Å². The van der Waals surface area contributed by atoms with Gasteiger partial charge in [-0.3, -0.25) is 0 Å². The summed E-state index contributed by atoms with van der Waals surface area (Å²) in [6, 6.07) is 0. The molecule has 0 nitrogen and oxygen atoms in total. The third-order valence-electron chi connectivity index (χ3n) is 3.02. The van der Waals surface area contributed by atoms with E-state index in [9.17, 15) is 0 Å². The van der Waals surface area contributed by atoms with Gasteiger partial charge in [-0.25, -0.2) is 0 Å². The molecule has 62 valence electrons. The van der Waals surface area contributed by atoms with Crippen LogP contribution in [0, 0.1) is 11.3 Å². The van der Waals surface area contributed by atoms with E-state index in [4.69, 9.17) is 0 Å². The molecule has 0 aromatic heterocycles. The molecule has 0 N–H and O–H groups in total. The topological polar surface area (TPSA) is 0 Å². The summed E-state index contributed by atoms with van der Waals surface area (Å²) in [7, 11) is 0. The van der Waals surface area contributed by atoms with E-state index in [2.05, 4.69) is 34.6 Å². The van der Waals surface area contributed by atoms with Crippen molar-refractivity contribution in [2.75, 3.05) is 0 Å². The van der Waals surface area contributed by atoms with Gasteiger partial charge in [-0.2, -0.15) is 0 Å². The van der Waals surface area contributed by atoms with E-state index >= 15 is 0 Å². The SMILES string of the molecule is CCCC(C)(CC)C(C)C. The number of hydrogen-bond donors (Lipinski definition) is 0. The predicted octanol–water partition coefficient (Wildman–Crippen LogP) is 3.86. The highest BCUT2D eigenvalue weighted by Gasteiger charge is 2.24. The summed E-state index contributed by atoms with van der Waals surface area (Å²) in [5, 5.41) is 0. The first kappa shape index (κ1) is 10.0. The maximum Gasteiger partial charge on any atom is -0.0305 e. The van der Waals surface area contributed by atoms with Crippen molar-refractivity contribution in [2.45, 2.75) is 53.9 Å². The summed E-state index contributed by atoms with van der Waals surface area (Å²) in [6.45, 7) is 11.6. The van der Waals surface area contributed by atoms with Crippen LogP contribution >= 0.6 is 0 Å². The first-order valence-electron chi connectivity index (χ1n) is 4.56. The standard InChI is InChI=1S/C10H22/c1-6-8-10(5,7-2)9(3)4/h9H,6-8H2,1-5H3. The molecule has 0 saturated heterocycles. The fourth-order valence-electron chi connectivity index (χ4n) is 1.44. The minimum Gasteiger partial charge on any atom is -0.0654 e. The second-order valence-electron chi connectivity index (χ2n) is 3.91. The first-order valence-corrected chi connectivity index (χ1v) is 4.56. The van der Waals surface area contributed by atoms with Gasteiger partial charge >= 0.3 is 0 Å². The lowest BCUT2D eigenvalue weighted by molar-refractivity contribution is 0.188. The summed E-state index contributed by atoms with van der Waals surface area (Å²) in [5.41, 5.74) is 0.592. The molecule has 0 bridgehead atoms. The van der Waals surface area contributed by atoms with Gasteiger partial charge in [-0.05, 0) is 17.8 Å². The van der Waals surface area contributed by atoms with Gasteiger partial charge in [0.1, 0.15) is 0 Å². The van der Waals surface area contributed by atoms with Gasteiger partial charge in [0.25, 0.3) is 0 Å². The third kappa shape index (κ3) is 2.32. The summed E-state index contributed by atoms with van der Waals surface area (Å²) in [5.74, 6) is 0.831. The Morgan fingerprint density at radius 1 is 1.20 bits per heavy atom. The minimum absolute atomic E-state index is 0.592. The molecular weight excluding hydrogens is 120 g/mol. The van der Waals surface area contributed by atoms with Crippen LogP contribution in [0.2, 0.25) is 0 Å². The molecule has 0 fully saturated rings. The van der Waals surface area contributed by atoms with Gasteiger partial charge in [-0.15, -0.1) is 0 Å². The van der Waals surface area contributed by atoms with E-state index in [1.165, 1.54) is 19.3 Å². The monoisotopic (exact) mass is 142 g/mol. The average molecular weight is 142 g/mol. The van der Waals surface area contributed by atoms with E-state index in [0.717, 1.165) is 5.92 Å². The van der Waals surface area contributed by atoms with Crippen LogP contribution < -0.4 is 0 Å². The quantitative estimate of drug-likeness (QED) is 0.559. The molecule has 0 saturated carbocycles. The third-order valence-corrected chi connectivity index (χ3v) is 3.02. The second kappa shape index (κ2) is 4.00. The van der Waals surface area contributed by atoms with Crippen molar-refractivity contribution >= 4 is 0 Å². The van der Waals surface area contributed by atoms with Crippen LogP contribution in [0.15, 0.2) is 0 Å². The fourth-order valence-corrected chi connectivity index (χ4v) is 1.44. The Morgan fingerprint density at radius 2 is 1.70 bits per heavy atom. The van der Waals surface area contributed by atoms with Crippen molar-refractivity contribution in [3.63, 3.8) is 0 Å². The molecule has 0 rings (SSSR count). The maximum absolute atomic E-state index is 2.40. The Labute approximate surface area is 66.0 Å². The van der Waals surface area contributed by atoms with E-state index < -0.39 is 0 Å². The second-order valence-corrected chi connectivity index (χ2v) is 3.91. The summed E-state index contributed by atoms with van der Waals surface area (Å²) < 4.78 is 0. The molecule has 1 unspecified atom stereocenters. The lowest BCUT2D eigenvalue weighted by Gasteiger charge is -2.32. The van der Waals surface area contributed by atoms with Crippen LogP contribution in [-0.4, -0.2) is 0 Å². The van der Waals surface area contributed by atoms with Gasteiger partial charge in [0, 0.05) is 0 Å². The van der Waals surface area contributed by atoms with Gasteiger partial charge < -0.3 is 0 Å². The van der Waals surface area contributed by atoms with Crippen LogP contribution in [0.1, 0.15) is 53.9 Å². The van der Waals surface area contributed by atoms with Crippen molar-refractivity contribution in [3.8, 4) is 0 Å². The van der Waals surface area contributed by atoms with Crippen LogP contribution in [0.4, 0.5) is 0 Å². The summed E-state index contributed by atoms with van der Waals surface area (Å²) >= 11 is 0. The maximum atomic E-state index is 2.40. The van der Waals surface area contributed by atoms with E-state index in [1.807, 2.05) is 0 Å². The smallest absolute Gasteiger partial charge is 0.0305 e. The molecule has 0 aromatic rings. The minimum atomic E-state index is 0.592. The Kier molecular flexibility index (Phi) is 4.00. The zero-order chi connectivity index (χ0) is 8.20. The molecule has 10 heavy (non-hydrogen) atoms. The van der Waals surface area contributed by atoms with E-state index in [1.54, 1.807) is 0 Å². The van der Waals surface area contributed by atoms with Gasteiger partial charge in [0.05, 0.1) is 0 Å². The lowest BCUT2D eigenvalue weighted by atomic mass is 9.74. The van der Waals surface area contributed by atoms with Crippen molar-refractivity contribution in [3.05, 3.63) is 0 Å². The first-order chi connectivity index (χ1) is 4.56. The molecule has 1 atom stereocenters. The highest BCUT2D eigenvalue weighted by Crippen LogP contribution is 2.35. The van der Waals surface area contributed by atoms with E-state index in [0.29, 0.717) is 5.41 Å². The molecule has 0 aromatic carbocycles. The molecular formula is C10H22. The van der Waals surface area contributed by atoms with Crippen molar-refractivity contribution in [1.82, 2.24) is 0 Å². The molecule has 0 radical (unpaired) electrons. The summed E-state index contributed by atoms with van der Waals surface area (Å²) in [6.07, 6.45) is 4.02. The molecule has 0 aliphatic carbocycles. The zero-order valence-electron chi connectivity index (χ0n) is 8.20. The molecule has 0 aliphatic heterocycles. The van der Waals surface area contributed by atoms with Crippen LogP contribution in [0.3, 0.4) is 0 Å². The fraction of sp³-hybridized carbons (Fsp3) is 1.00. The molecule has 0 heterocycles. The van der Waals surface area contributed by atoms with Gasteiger partial charge in [0.2, 0.25) is 0 Å². The predicted molar refractivity (Wildman–Crippen MR) is 48.1 cm³/mol. The number of rotatable bonds is 4. The summed E-state index contributed by atoms with van der Waals surface area (Å²) in [4.78, 5) is 0. The highest BCUT2D eigenvalue weighted by atomic mass is 14.3. The number of hydrogen-bond acceptors (Lipinski definition) is 0. The van der Waals surface area contributed by atoms with Crippen LogP contribution in [-0.2, 0) is 0 Å². The average Bonchev–Trinajstić information content (AvgIpc) is 1.88. The Balaban J connectivity index is 3.94. The van der Waals surface area contributed by atoms with Crippen LogP contribution in [0.5, 0.6) is 0 Å². The van der Waals surface area contributed by atoms with Crippen molar-refractivity contribution in [1.29, 1.82) is 0 Å². The van der Waals surface area contributed by atoms with Gasteiger partial charge in [-0.1, -0.05) is 47.5 Å². The molecule has 0 amide bonds. The lowest BCUT2D eigenvalue weighted by Crippen LogP contribution is -2.21. The molecule has 0 heteroatoms. The van der Waals surface area contributed by atoms with E-state index in [-0.39, 0.29) is 0 Å². The molecule has 0 spiro atoms. The normalized spacial score (nSPS) is 17.4. The Hall–Kier alpha value is 0. The zero-order valence-corrected chi connectivity index (χ0v) is 8.20. The Morgan fingerprint density at radius 3 is 1.80 bits per heavy atom. The van der Waals surface area contributed by atoms with Crippen LogP contribution in [0.25, 0.3) is 0 Å². The largest absolute Gasteiger partial charge is 0.0654 e. The molecule has 0 aliphatic rings. The van der Waals surface area contributed by atoms with Crippen molar-refractivity contribution < 1.29 is 0 Å². The van der Waals surface area contributed by atoms with Gasteiger partial charge in [0.15, 0.2) is 0 Å². The highest BCUT2D eigenvalue weighted by molar-refractivity contribution is 4.75. The Bertz CT molecular complexity index is 84.0.